The molecule has 0 amide bonds. The first-order valence-electron chi connectivity index (χ1n) is 5.67. The average Bonchev–Trinajstić information content (AvgIpc) is 2.35. The Bertz CT molecular complexity index is 593. The number of aryl methyl sites for hydroxylation is 1. The van der Waals surface area contributed by atoms with Gasteiger partial charge in [0.15, 0.2) is 0 Å². The van der Waals surface area contributed by atoms with E-state index in [0.29, 0.717) is 10.7 Å². The van der Waals surface area contributed by atoms with E-state index in [4.69, 9.17) is 18.0 Å². The SMILES string of the molecule is Cc1cccc(Nc2cccnc2C(N)=S)c1C. The van der Waals surface area contributed by atoms with Gasteiger partial charge in [0, 0.05) is 11.9 Å². The summed E-state index contributed by atoms with van der Waals surface area (Å²) in [5, 5.41) is 3.33. The number of rotatable bonds is 3. The van der Waals surface area contributed by atoms with Crippen LogP contribution in [0.1, 0.15) is 16.8 Å². The maximum atomic E-state index is 5.67. The van der Waals surface area contributed by atoms with E-state index in [0.717, 1.165) is 11.4 Å². The Labute approximate surface area is 112 Å². The summed E-state index contributed by atoms with van der Waals surface area (Å²) in [4.78, 5) is 4.49. The van der Waals surface area contributed by atoms with E-state index in [1.807, 2.05) is 24.3 Å². The van der Waals surface area contributed by atoms with Crippen LogP contribution < -0.4 is 11.1 Å². The van der Waals surface area contributed by atoms with E-state index in [1.54, 1.807) is 6.20 Å². The smallest absolute Gasteiger partial charge is 0.124 e. The van der Waals surface area contributed by atoms with E-state index in [2.05, 4.69) is 30.2 Å². The predicted molar refractivity (Wildman–Crippen MR) is 79.3 cm³/mol. The van der Waals surface area contributed by atoms with Crippen LogP contribution in [0.5, 0.6) is 0 Å². The zero-order valence-corrected chi connectivity index (χ0v) is 11.2. The van der Waals surface area contributed by atoms with Crippen molar-refractivity contribution in [3.8, 4) is 0 Å². The number of aromatic nitrogens is 1. The van der Waals surface area contributed by atoms with Crippen LogP contribution in [0.4, 0.5) is 11.4 Å². The van der Waals surface area contributed by atoms with Crippen molar-refractivity contribution < 1.29 is 0 Å². The number of nitrogens with zero attached hydrogens (tertiary/aromatic N) is 1. The third-order valence-electron chi connectivity index (χ3n) is 2.92. The molecule has 92 valence electrons. The fraction of sp³-hybridized carbons (Fsp3) is 0.143. The molecule has 2 aromatic rings. The molecule has 0 aliphatic heterocycles. The summed E-state index contributed by atoms with van der Waals surface area (Å²) in [6.07, 6.45) is 1.68. The molecular formula is C14H15N3S. The van der Waals surface area contributed by atoms with Gasteiger partial charge in [0.1, 0.15) is 10.7 Å². The number of thiocarbonyl (C=S) groups is 1. The van der Waals surface area contributed by atoms with Gasteiger partial charge in [-0.1, -0.05) is 24.4 Å². The highest BCUT2D eigenvalue weighted by atomic mass is 32.1. The molecule has 0 saturated carbocycles. The summed E-state index contributed by atoms with van der Waals surface area (Å²) in [5.41, 5.74) is 10.6. The van der Waals surface area contributed by atoms with Crippen molar-refractivity contribution in [1.82, 2.24) is 4.98 Å². The number of hydrogen-bond acceptors (Lipinski definition) is 3. The van der Waals surface area contributed by atoms with Crippen LogP contribution in [0.3, 0.4) is 0 Å². The number of nitrogens with one attached hydrogen (secondary N) is 1. The molecule has 1 aromatic heterocycles. The molecule has 0 aliphatic carbocycles. The van der Waals surface area contributed by atoms with Crippen LogP contribution in [0.15, 0.2) is 36.5 Å². The summed E-state index contributed by atoms with van der Waals surface area (Å²) in [6.45, 7) is 4.16. The van der Waals surface area contributed by atoms with Crippen LogP contribution in [0, 0.1) is 13.8 Å². The fourth-order valence-electron chi connectivity index (χ4n) is 1.73. The Morgan fingerprint density at radius 1 is 1.17 bits per heavy atom. The molecule has 4 heteroatoms. The van der Waals surface area contributed by atoms with Crippen molar-refractivity contribution >= 4 is 28.6 Å². The standard InChI is InChI=1S/C14H15N3S/c1-9-5-3-6-11(10(9)2)17-12-7-4-8-16-13(12)14(15)18/h3-8,17H,1-2H3,(H2,15,18). The molecule has 0 aliphatic rings. The average molecular weight is 257 g/mol. The van der Waals surface area contributed by atoms with Gasteiger partial charge in [-0.3, -0.25) is 4.98 Å². The minimum Gasteiger partial charge on any atom is -0.388 e. The molecular weight excluding hydrogens is 242 g/mol. The van der Waals surface area contributed by atoms with Gasteiger partial charge in [0.2, 0.25) is 0 Å². The number of pyridine rings is 1. The van der Waals surface area contributed by atoms with Crippen molar-refractivity contribution in [2.24, 2.45) is 5.73 Å². The lowest BCUT2D eigenvalue weighted by Gasteiger charge is -2.13. The Hall–Kier alpha value is -1.94. The number of anilines is 2. The monoisotopic (exact) mass is 257 g/mol. The molecule has 0 bridgehead atoms. The minimum absolute atomic E-state index is 0.295. The Kier molecular flexibility index (Phi) is 3.58. The Balaban J connectivity index is 2.40. The van der Waals surface area contributed by atoms with Gasteiger partial charge in [-0.2, -0.15) is 0 Å². The normalized spacial score (nSPS) is 10.1. The van der Waals surface area contributed by atoms with Crippen LogP contribution in [-0.2, 0) is 0 Å². The zero-order valence-electron chi connectivity index (χ0n) is 10.4. The largest absolute Gasteiger partial charge is 0.388 e. The highest BCUT2D eigenvalue weighted by molar-refractivity contribution is 7.80. The molecule has 3 nitrogen and oxygen atoms in total. The summed E-state index contributed by atoms with van der Waals surface area (Å²) in [7, 11) is 0. The van der Waals surface area contributed by atoms with Gasteiger partial charge in [0.25, 0.3) is 0 Å². The topological polar surface area (TPSA) is 50.9 Å². The minimum atomic E-state index is 0.295. The van der Waals surface area contributed by atoms with Gasteiger partial charge in [-0.25, -0.2) is 0 Å². The quantitative estimate of drug-likeness (QED) is 0.830. The molecule has 0 radical (unpaired) electrons. The summed E-state index contributed by atoms with van der Waals surface area (Å²) in [6, 6.07) is 9.90. The lowest BCUT2D eigenvalue weighted by atomic mass is 10.1. The van der Waals surface area contributed by atoms with E-state index in [-0.39, 0.29) is 0 Å². The highest BCUT2D eigenvalue weighted by Crippen LogP contribution is 2.24. The van der Waals surface area contributed by atoms with E-state index in [1.165, 1.54) is 11.1 Å². The Morgan fingerprint density at radius 2 is 1.89 bits per heavy atom. The van der Waals surface area contributed by atoms with E-state index < -0.39 is 0 Å². The number of hydrogen-bond donors (Lipinski definition) is 2. The van der Waals surface area contributed by atoms with Gasteiger partial charge in [-0.05, 0) is 43.2 Å². The van der Waals surface area contributed by atoms with Crippen LogP contribution in [-0.4, -0.2) is 9.97 Å². The lowest BCUT2D eigenvalue weighted by molar-refractivity contribution is 1.27. The second-order valence-electron chi connectivity index (χ2n) is 4.14. The number of benzene rings is 1. The van der Waals surface area contributed by atoms with Crippen molar-refractivity contribution in [3.05, 3.63) is 53.3 Å². The van der Waals surface area contributed by atoms with Gasteiger partial charge in [-0.15, -0.1) is 0 Å². The molecule has 1 aromatic carbocycles. The third-order valence-corrected chi connectivity index (χ3v) is 3.11. The summed E-state index contributed by atoms with van der Waals surface area (Å²) < 4.78 is 0. The molecule has 1 heterocycles. The zero-order chi connectivity index (χ0) is 13.1. The molecule has 0 saturated heterocycles. The first-order chi connectivity index (χ1) is 8.59. The molecule has 0 unspecified atom stereocenters. The molecule has 0 atom stereocenters. The Morgan fingerprint density at radius 3 is 2.61 bits per heavy atom. The van der Waals surface area contributed by atoms with Crippen molar-refractivity contribution in [3.63, 3.8) is 0 Å². The second-order valence-corrected chi connectivity index (χ2v) is 4.58. The first kappa shape index (κ1) is 12.5. The van der Waals surface area contributed by atoms with E-state index in [9.17, 15) is 0 Å². The van der Waals surface area contributed by atoms with Crippen molar-refractivity contribution in [1.29, 1.82) is 0 Å². The maximum absolute atomic E-state index is 5.67. The summed E-state index contributed by atoms with van der Waals surface area (Å²) >= 11 is 5.00. The first-order valence-corrected chi connectivity index (χ1v) is 6.08. The van der Waals surface area contributed by atoms with Crippen LogP contribution in [0.25, 0.3) is 0 Å². The van der Waals surface area contributed by atoms with Crippen LogP contribution in [0.2, 0.25) is 0 Å². The fourth-order valence-corrected chi connectivity index (χ4v) is 1.90. The third kappa shape index (κ3) is 2.49. The lowest BCUT2D eigenvalue weighted by Crippen LogP contribution is -2.14. The van der Waals surface area contributed by atoms with Crippen LogP contribution >= 0.6 is 12.2 Å². The van der Waals surface area contributed by atoms with Crippen molar-refractivity contribution in [2.45, 2.75) is 13.8 Å². The van der Waals surface area contributed by atoms with E-state index >= 15 is 0 Å². The second kappa shape index (κ2) is 5.14. The molecule has 2 rings (SSSR count). The number of nitrogens with two attached hydrogens (primary N) is 1. The predicted octanol–water partition coefficient (Wildman–Crippen LogP) is 3.08. The molecule has 0 fully saturated rings. The molecule has 18 heavy (non-hydrogen) atoms. The van der Waals surface area contributed by atoms with Gasteiger partial charge >= 0.3 is 0 Å². The summed E-state index contributed by atoms with van der Waals surface area (Å²) in [5.74, 6) is 0. The van der Waals surface area contributed by atoms with Crippen molar-refractivity contribution in [2.75, 3.05) is 5.32 Å². The van der Waals surface area contributed by atoms with Gasteiger partial charge in [0.05, 0.1) is 5.69 Å². The highest BCUT2D eigenvalue weighted by Gasteiger charge is 2.07. The molecule has 3 N–H and O–H groups in total. The maximum Gasteiger partial charge on any atom is 0.124 e. The van der Waals surface area contributed by atoms with Gasteiger partial charge < -0.3 is 11.1 Å². The molecule has 0 spiro atoms.